The van der Waals surface area contributed by atoms with Crippen molar-refractivity contribution in [3.05, 3.63) is 35.1 Å². The topological polar surface area (TPSA) is 43.1 Å². The summed E-state index contributed by atoms with van der Waals surface area (Å²) in [4.78, 5) is 9.83. The Balaban J connectivity index is 3.03. The van der Waals surface area contributed by atoms with E-state index >= 15 is 0 Å². The lowest BCUT2D eigenvalue weighted by atomic mass is 10.1. The molecule has 1 amide bonds. The summed E-state index contributed by atoms with van der Waals surface area (Å²) in [6, 6.07) is 2.04. The van der Waals surface area contributed by atoms with Crippen LogP contribution in [0.15, 0.2) is 18.2 Å². The highest BCUT2D eigenvalue weighted by atomic mass is 79.9. The van der Waals surface area contributed by atoms with Crippen molar-refractivity contribution in [2.24, 2.45) is 5.73 Å². The van der Waals surface area contributed by atoms with Gasteiger partial charge in [0.05, 0.1) is 10.4 Å². The van der Waals surface area contributed by atoms with Crippen LogP contribution in [0, 0.1) is 5.82 Å². The zero-order valence-electron chi connectivity index (χ0n) is 8.39. The lowest BCUT2D eigenvalue weighted by molar-refractivity contribution is -0.137. The Labute approximate surface area is 103 Å². The fraction of sp³-hybridized carbons (Fsp3) is 0.300. The van der Waals surface area contributed by atoms with E-state index in [9.17, 15) is 22.4 Å². The maximum absolute atomic E-state index is 13.2. The molecule has 0 bridgehead atoms. The van der Waals surface area contributed by atoms with Crippen LogP contribution in [-0.4, -0.2) is 10.7 Å². The van der Waals surface area contributed by atoms with Gasteiger partial charge in [-0.25, -0.2) is 4.39 Å². The molecule has 2 nitrogen and oxygen atoms in total. The summed E-state index contributed by atoms with van der Waals surface area (Å²) in [5.74, 6) is -1.56. The molecule has 0 saturated heterocycles. The van der Waals surface area contributed by atoms with Crippen molar-refractivity contribution < 1.29 is 22.4 Å². The Morgan fingerprint density at radius 2 is 2.00 bits per heavy atom. The van der Waals surface area contributed by atoms with Crippen LogP contribution in [0.3, 0.4) is 0 Å². The van der Waals surface area contributed by atoms with E-state index < -0.39 is 28.3 Å². The lowest BCUT2D eigenvalue weighted by Crippen LogP contribution is -2.25. The predicted molar refractivity (Wildman–Crippen MR) is 57.0 cm³/mol. The highest BCUT2D eigenvalue weighted by molar-refractivity contribution is 9.10. The Bertz CT molecular complexity index is 433. The van der Waals surface area contributed by atoms with Gasteiger partial charge in [-0.3, -0.25) is 4.79 Å². The van der Waals surface area contributed by atoms with E-state index in [1.54, 1.807) is 0 Å². The number of alkyl halides is 4. The number of nitrogens with two attached hydrogens (primary N) is 1. The average Bonchev–Trinajstić information content (AvgIpc) is 2.19. The molecule has 1 rings (SSSR count). The molecule has 17 heavy (non-hydrogen) atoms. The van der Waals surface area contributed by atoms with Crippen molar-refractivity contribution in [2.75, 3.05) is 0 Å². The first-order valence-corrected chi connectivity index (χ1v) is 5.42. The summed E-state index contributed by atoms with van der Waals surface area (Å²) >= 11 is 2.87. The van der Waals surface area contributed by atoms with Gasteiger partial charge in [0.15, 0.2) is 0 Å². The summed E-state index contributed by atoms with van der Waals surface area (Å²) in [7, 11) is 0. The van der Waals surface area contributed by atoms with E-state index in [2.05, 4.69) is 15.9 Å². The van der Waals surface area contributed by atoms with Crippen LogP contribution in [0.25, 0.3) is 0 Å². The Morgan fingerprint density at radius 1 is 1.41 bits per heavy atom. The molecule has 0 fully saturated rings. The number of primary amides is 1. The number of halogens is 5. The van der Waals surface area contributed by atoms with Gasteiger partial charge in [-0.1, -0.05) is 15.9 Å². The summed E-state index contributed by atoms with van der Waals surface area (Å²) in [6.07, 6.45) is -4.78. The first kappa shape index (κ1) is 14.0. The molecule has 1 atom stereocenters. The molecule has 0 spiro atoms. The summed E-state index contributed by atoms with van der Waals surface area (Å²) in [5.41, 5.74) is 3.76. The van der Waals surface area contributed by atoms with Crippen LogP contribution in [-0.2, 0) is 17.4 Å². The van der Waals surface area contributed by atoms with Gasteiger partial charge >= 0.3 is 6.18 Å². The molecular weight excluding hydrogens is 306 g/mol. The first-order chi connectivity index (χ1) is 7.71. The normalized spacial score (nSPS) is 13.5. The van der Waals surface area contributed by atoms with Crippen LogP contribution in [0.1, 0.15) is 11.1 Å². The molecule has 0 aromatic heterocycles. The minimum Gasteiger partial charge on any atom is -0.369 e. The van der Waals surface area contributed by atoms with Crippen LogP contribution < -0.4 is 5.73 Å². The van der Waals surface area contributed by atoms with E-state index in [1.165, 1.54) is 0 Å². The van der Waals surface area contributed by atoms with Gasteiger partial charge < -0.3 is 5.73 Å². The number of carbonyl (C=O) groups is 1. The van der Waals surface area contributed by atoms with E-state index in [0.717, 1.165) is 6.07 Å². The van der Waals surface area contributed by atoms with E-state index in [0.29, 0.717) is 12.1 Å². The van der Waals surface area contributed by atoms with E-state index in [1.807, 2.05) is 0 Å². The largest absolute Gasteiger partial charge is 0.416 e. The van der Waals surface area contributed by atoms with Crippen molar-refractivity contribution in [3.63, 3.8) is 0 Å². The van der Waals surface area contributed by atoms with E-state index in [4.69, 9.17) is 5.73 Å². The van der Waals surface area contributed by atoms with Gasteiger partial charge in [0.1, 0.15) is 5.82 Å². The first-order valence-electron chi connectivity index (χ1n) is 4.51. The number of hydrogen-bond donors (Lipinski definition) is 1. The zero-order chi connectivity index (χ0) is 13.2. The fourth-order valence-corrected chi connectivity index (χ4v) is 1.55. The summed E-state index contributed by atoms with van der Waals surface area (Å²) < 4.78 is 50.4. The maximum Gasteiger partial charge on any atom is 0.416 e. The van der Waals surface area contributed by atoms with Crippen LogP contribution in [0.4, 0.5) is 17.6 Å². The molecule has 0 aliphatic carbocycles. The quantitative estimate of drug-likeness (QED) is 0.676. The molecule has 94 valence electrons. The van der Waals surface area contributed by atoms with Gasteiger partial charge in [-0.2, -0.15) is 13.2 Å². The van der Waals surface area contributed by atoms with Crippen LogP contribution in [0.5, 0.6) is 0 Å². The highest BCUT2D eigenvalue weighted by Gasteiger charge is 2.31. The van der Waals surface area contributed by atoms with Crippen LogP contribution in [0.2, 0.25) is 0 Å². The number of rotatable bonds is 3. The average molecular weight is 314 g/mol. The molecule has 0 saturated carbocycles. The molecular formula is C10H8BrF4NO. The third-order valence-corrected chi connectivity index (χ3v) is 2.86. The Kier molecular flexibility index (Phi) is 4.13. The van der Waals surface area contributed by atoms with Crippen molar-refractivity contribution in [1.29, 1.82) is 0 Å². The number of benzene rings is 1. The number of amides is 1. The molecule has 2 N–H and O–H groups in total. The van der Waals surface area contributed by atoms with Crippen molar-refractivity contribution >= 4 is 21.8 Å². The summed E-state index contributed by atoms with van der Waals surface area (Å²) in [6.45, 7) is 0. The monoisotopic (exact) mass is 313 g/mol. The third kappa shape index (κ3) is 3.69. The fourth-order valence-electron chi connectivity index (χ4n) is 1.20. The second kappa shape index (κ2) is 5.03. The zero-order valence-corrected chi connectivity index (χ0v) is 9.98. The van der Waals surface area contributed by atoms with Gasteiger partial charge in [0.25, 0.3) is 0 Å². The Hall–Kier alpha value is -1.11. The van der Waals surface area contributed by atoms with E-state index in [-0.39, 0.29) is 12.0 Å². The molecule has 1 aromatic carbocycles. The third-order valence-electron chi connectivity index (χ3n) is 2.08. The minimum atomic E-state index is -4.54. The second-order valence-corrected chi connectivity index (χ2v) is 4.48. The van der Waals surface area contributed by atoms with Gasteiger partial charge in [-0.05, 0) is 30.2 Å². The second-order valence-electron chi connectivity index (χ2n) is 3.38. The molecule has 0 radical (unpaired) electrons. The lowest BCUT2D eigenvalue weighted by Gasteiger charge is -2.11. The van der Waals surface area contributed by atoms with Crippen molar-refractivity contribution in [2.45, 2.75) is 17.4 Å². The smallest absolute Gasteiger partial charge is 0.369 e. The number of hydrogen-bond acceptors (Lipinski definition) is 1. The SMILES string of the molecule is NC(=O)C(Br)Cc1cc(C(F)(F)F)ccc1F. The predicted octanol–water partition coefficient (Wildman–Crippen LogP) is 2.64. The van der Waals surface area contributed by atoms with Gasteiger partial charge in [0, 0.05) is 0 Å². The molecule has 0 heterocycles. The molecule has 0 aliphatic rings. The highest BCUT2D eigenvalue weighted by Crippen LogP contribution is 2.30. The maximum atomic E-state index is 13.2. The molecule has 1 aromatic rings. The number of carbonyl (C=O) groups excluding carboxylic acids is 1. The molecule has 1 unspecified atom stereocenters. The summed E-state index contributed by atoms with van der Waals surface area (Å²) in [5, 5.41) is 0. The van der Waals surface area contributed by atoms with Gasteiger partial charge in [0.2, 0.25) is 5.91 Å². The van der Waals surface area contributed by atoms with Crippen LogP contribution >= 0.6 is 15.9 Å². The molecule has 0 aliphatic heterocycles. The standard InChI is InChI=1S/C10H8BrF4NO/c11-7(9(16)17)4-5-3-6(10(13,14)15)1-2-8(5)12/h1-3,7H,4H2,(H2,16,17). The molecule has 7 heteroatoms. The van der Waals surface area contributed by atoms with Gasteiger partial charge in [-0.15, -0.1) is 0 Å². The van der Waals surface area contributed by atoms with Crippen molar-refractivity contribution in [3.8, 4) is 0 Å². The Morgan fingerprint density at radius 3 is 2.47 bits per heavy atom. The minimum absolute atomic E-state index is 0.208. The van der Waals surface area contributed by atoms with Crippen molar-refractivity contribution in [1.82, 2.24) is 0 Å².